The summed E-state index contributed by atoms with van der Waals surface area (Å²) in [6.45, 7) is 10.9. The Kier molecular flexibility index (Phi) is 5.46. The number of furan rings is 1. The number of nitrogens with zero attached hydrogens (tertiary/aromatic N) is 1. The highest BCUT2D eigenvalue weighted by molar-refractivity contribution is 6.04. The predicted molar refractivity (Wildman–Crippen MR) is 94.1 cm³/mol. The van der Waals surface area contributed by atoms with Crippen molar-refractivity contribution < 1.29 is 18.7 Å². The van der Waals surface area contributed by atoms with Crippen LogP contribution in [-0.4, -0.2) is 29.2 Å². The molecule has 2 heterocycles. The van der Waals surface area contributed by atoms with E-state index in [1.807, 2.05) is 6.92 Å². The fourth-order valence-corrected chi connectivity index (χ4v) is 2.73. The number of H-pyrrole nitrogens is 1. The van der Waals surface area contributed by atoms with Crippen molar-refractivity contribution in [3.63, 3.8) is 0 Å². The molecule has 25 heavy (non-hydrogen) atoms. The topological polar surface area (TPSA) is 96.7 Å². The Labute approximate surface area is 146 Å². The molecule has 0 aliphatic heterocycles. The summed E-state index contributed by atoms with van der Waals surface area (Å²) in [5.41, 5.74) is 6.14. The molecule has 0 saturated heterocycles. The number of hydrazone groups is 1. The Morgan fingerprint density at radius 2 is 1.96 bits per heavy atom. The van der Waals surface area contributed by atoms with E-state index in [-0.39, 0.29) is 11.9 Å². The van der Waals surface area contributed by atoms with Crippen LogP contribution in [0.3, 0.4) is 0 Å². The van der Waals surface area contributed by atoms with Crippen LogP contribution in [0, 0.1) is 27.7 Å². The molecular weight excluding hydrogens is 322 g/mol. The van der Waals surface area contributed by atoms with E-state index in [9.17, 15) is 9.59 Å². The average Bonchev–Trinajstić information content (AvgIpc) is 3.03. The molecule has 2 N–H and O–H groups in total. The molecule has 0 aliphatic rings. The summed E-state index contributed by atoms with van der Waals surface area (Å²) in [6, 6.07) is 1.67. The van der Waals surface area contributed by atoms with Gasteiger partial charge in [0.25, 0.3) is 5.91 Å². The van der Waals surface area contributed by atoms with Gasteiger partial charge in [0.05, 0.1) is 29.1 Å². The zero-order valence-corrected chi connectivity index (χ0v) is 15.4. The number of carbonyl (C=O) groups is 2. The average molecular weight is 345 g/mol. The van der Waals surface area contributed by atoms with Crippen LogP contribution < -0.4 is 5.43 Å². The van der Waals surface area contributed by atoms with E-state index < -0.39 is 0 Å². The van der Waals surface area contributed by atoms with Crippen LogP contribution >= 0.6 is 0 Å². The largest absolute Gasteiger partial charge is 0.466 e. The van der Waals surface area contributed by atoms with Crippen LogP contribution in [0.15, 0.2) is 15.6 Å². The van der Waals surface area contributed by atoms with Gasteiger partial charge in [-0.1, -0.05) is 0 Å². The lowest BCUT2D eigenvalue weighted by molar-refractivity contribution is 0.0524. The number of aromatic amines is 1. The molecule has 0 aliphatic carbocycles. The van der Waals surface area contributed by atoms with Crippen molar-refractivity contribution in [1.82, 2.24) is 10.4 Å². The second kappa shape index (κ2) is 7.38. The van der Waals surface area contributed by atoms with E-state index >= 15 is 0 Å². The zero-order valence-electron chi connectivity index (χ0n) is 15.4. The maximum absolute atomic E-state index is 12.2. The van der Waals surface area contributed by atoms with Gasteiger partial charge < -0.3 is 14.1 Å². The highest BCUT2D eigenvalue weighted by Gasteiger charge is 2.20. The molecular formula is C18H23N3O4. The number of ether oxygens (including phenoxy) is 1. The minimum atomic E-state index is -0.374. The number of hydrogen-bond acceptors (Lipinski definition) is 5. The maximum atomic E-state index is 12.2. The molecule has 2 aromatic heterocycles. The van der Waals surface area contributed by atoms with Crippen molar-refractivity contribution in [2.24, 2.45) is 5.10 Å². The first-order valence-electron chi connectivity index (χ1n) is 8.04. The van der Waals surface area contributed by atoms with Gasteiger partial charge in [0.1, 0.15) is 11.5 Å². The third-order valence-corrected chi connectivity index (χ3v) is 3.89. The summed E-state index contributed by atoms with van der Waals surface area (Å²) in [5, 5.41) is 4.13. The lowest BCUT2D eigenvalue weighted by Crippen LogP contribution is -2.20. The SMILES string of the molecule is CCOC(=O)c1c(C)[nH]c(/C(C)=N/NC(=O)c2cc(C)oc2C)c1C. The number of nitrogens with one attached hydrogen (secondary N) is 2. The highest BCUT2D eigenvalue weighted by Crippen LogP contribution is 2.20. The van der Waals surface area contributed by atoms with Crippen molar-refractivity contribution in [3.05, 3.63) is 45.7 Å². The fourth-order valence-electron chi connectivity index (χ4n) is 2.73. The smallest absolute Gasteiger partial charge is 0.340 e. The minimum absolute atomic E-state index is 0.310. The van der Waals surface area contributed by atoms with Crippen molar-refractivity contribution in [2.75, 3.05) is 6.61 Å². The third kappa shape index (κ3) is 3.81. The van der Waals surface area contributed by atoms with E-state index in [0.717, 1.165) is 5.56 Å². The van der Waals surface area contributed by atoms with Crippen LogP contribution in [0.2, 0.25) is 0 Å². The van der Waals surface area contributed by atoms with Gasteiger partial charge in [0.15, 0.2) is 0 Å². The third-order valence-electron chi connectivity index (χ3n) is 3.89. The van der Waals surface area contributed by atoms with Gasteiger partial charge in [-0.2, -0.15) is 5.10 Å². The molecule has 2 rings (SSSR count). The molecule has 134 valence electrons. The molecule has 0 unspecified atom stereocenters. The Morgan fingerprint density at radius 3 is 2.52 bits per heavy atom. The van der Waals surface area contributed by atoms with Gasteiger partial charge in [-0.25, -0.2) is 10.2 Å². The monoisotopic (exact) mass is 345 g/mol. The minimum Gasteiger partial charge on any atom is -0.466 e. The molecule has 0 spiro atoms. The number of aryl methyl sites for hydroxylation is 3. The zero-order chi connectivity index (χ0) is 18.7. The molecule has 0 saturated carbocycles. The van der Waals surface area contributed by atoms with E-state index in [2.05, 4.69) is 15.5 Å². The Hall–Kier alpha value is -2.83. The van der Waals surface area contributed by atoms with Crippen LogP contribution in [0.4, 0.5) is 0 Å². The number of hydrogen-bond donors (Lipinski definition) is 2. The second-order valence-electron chi connectivity index (χ2n) is 5.81. The molecule has 7 heteroatoms. The summed E-state index contributed by atoms with van der Waals surface area (Å²) in [5.74, 6) is 0.485. The second-order valence-corrected chi connectivity index (χ2v) is 5.81. The van der Waals surface area contributed by atoms with E-state index in [1.54, 1.807) is 40.7 Å². The number of carbonyl (C=O) groups excluding carboxylic acids is 2. The van der Waals surface area contributed by atoms with Crippen molar-refractivity contribution in [3.8, 4) is 0 Å². The molecule has 0 fully saturated rings. The number of rotatable bonds is 5. The predicted octanol–water partition coefficient (Wildman–Crippen LogP) is 3.17. The normalized spacial score (nSPS) is 11.5. The van der Waals surface area contributed by atoms with E-state index in [4.69, 9.17) is 9.15 Å². The molecule has 0 bridgehead atoms. The summed E-state index contributed by atoms with van der Waals surface area (Å²) in [6.07, 6.45) is 0. The molecule has 0 atom stereocenters. The first kappa shape index (κ1) is 18.5. The quantitative estimate of drug-likeness (QED) is 0.494. The molecule has 1 amide bonds. The van der Waals surface area contributed by atoms with Crippen LogP contribution in [0.5, 0.6) is 0 Å². The number of aromatic nitrogens is 1. The fraction of sp³-hybridized carbons (Fsp3) is 0.389. The summed E-state index contributed by atoms with van der Waals surface area (Å²) in [4.78, 5) is 27.4. The van der Waals surface area contributed by atoms with Crippen LogP contribution in [0.1, 0.15) is 63.0 Å². The van der Waals surface area contributed by atoms with Gasteiger partial charge >= 0.3 is 5.97 Å². The van der Waals surface area contributed by atoms with Gasteiger partial charge in [-0.15, -0.1) is 0 Å². The summed E-state index contributed by atoms with van der Waals surface area (Å²) in [7, 11) is 0. The van der Waals surface area contributed by atoms with Gasteiger partial charge in [0.2, 0.25) is 0 Å². The van der Waals surface area contributed by atoms with Crippen LogP contribution in [-0.2, 0) is 4.74 Å². The Morgan fingerprint density at radius 1 is 1.28 bits per heavy atom. The summed E-state index contributed by atoms with van der Waals surface area (Å²) >= 11 is 0. The van der Waals surface area contributed by atoms with E-state index in [0.29, 0.717) is 46.4 Å². The molecule has 0 aromatic carbocycles. The molecule has 2 aromatic rings. The van der Waals surface area contributed by atoms with Gasteiger partial charge in [0, 0.05) is 5.69 Å². The Bertz CT molecular complexity index is 843. The Balaban J connectivity index is 2.23. The first-order valence-corrected chi connectivity index (χ1v) is 8.04. The van der Waals surface area contributed by atoms with Crippen molar-refractivity contribution in [1.29, 1.82) is 0 Å². The molecule has 7 nitrogen and oxygen atoms in total. The van der Waals surface area contributed by atoms with Crippen LogP contribution in [0.25, 0.3) is 0 Å². The lowest BCUT2D eigenvalue weighted by atomic mass is 10.1. The van der Waals surface area contributed by atoms with Crippen molar-refractivity contribution in [2.45, 2.75) is 41.5 Å². The first-order chi connectivity index (χ1) is 11.8. The summed E-state index contributed by atoms with van der Waals surface area (Å²) < 4.78 is 10.4. The lowest BCUT2D eigenvalue weighted by Gasteiger charge is -2.03. The van der Waals surface area contributed by atoms with E-state index in [1.165, 1.54) is 0 Å². The highest BCUT2D eigenvalue weighted by atomic mass is 16.5. The van der Waals surface area contributed by atoms with Gasteiger partial charge in [-0.3, -0.25) is 4.79 Å². The number of amides is 1. The standard InChI is InChI=1S/C18H23N3O4/c1-7-24-18(23)15-10(3)16(19-11(15)4)12(5)20-21-17(22)14-8-9(2)25-13(14)6/h8,19H,7H2,1-6H3,(H,21,22)/b20-12+. The van der Waals surface area contributed by atoms with Crippen molar-refractivity contribution >= 4 is 17.6 Å². The van der Waals surface area contributed by atoms with Gasteiger partial charge in [-0.05, 0) is 53.2 Å². The maximum Gasteiger partial charge on any atom is 0.340 e. The number of esters is 1. The molecule has 0 radical (unpaired) electrons.